The van der Waals surface area contributed by atoms with E-state index in [0.29, 0.717) is 51.9 Å². The number of rotatable bonds is 15. The number of hydrogen-bond donors (Lipinski definition) is 0. The maximum Gasteiger partial charge on any atom is 0.515 e. The third-order valence-electron chi connectivity index (χ3n) is 17.7. The fourth-order valence-electron chi connectivity index (χ4n) is 12.9. The first-order chi connectivity index (χ1) is 49.6. The summed E-state index contributed by atoms with van der Waals surface area (Å²) < 4.78 is 122. The van der Waals surface area contributed by atoms with Crippen LogP contribution < -0.4 is 51.9 Å². The fourth-order valence-corrected chi connectivity index (χ4v) is 67.8. The Morgan fingerprint density at radius 1 is 0.228 bits per heavy atom. The molecule has 0 aromatic heterocycles. The summed E-state index contributed by atoms with van der Waals surface area (Å²) in [5.74, 6) is 0. The van der Waals surface area contributed by atoms with Gasteiger partial charge >= 0.3 is 88.0 Å². The van der Waals surface area contributed by atoms with E-state index in [1.54, 1.807) is 0 Å². The lowest BCUT2D eigenvalue weighted by molar-refractivity contribution is 0.0578. The highest BCUT2D eigenvalue weighted by molar-refractivity contribution is 7.12. The molecular formula is C76H68O14Si11. The van der Waals surface area contributed by atoms with Crippen LogP contribution >= 0.6 is 0 Å². The molecule has 4 aliphatic rings. The van der Waals surface area contributed by atoms with E-state index in [9.17, 15) is 0 Å². The van der Waals surface area contributed by atoms with Gasteiger partial charge in [-0.05, 0) is 38.1 Å². The van der Waals surface area contributed by atoms with Gasteiger partial charge in [-0.15, -0.1) is 0 Å². The van der Waals surface area contributed by atoms with E-state index < -0.39 is 88.0 Å². The van der Waals surface area contributed by atoms with Crippen LogP contribution in [0.5, 0.6) is 0 Å². The van der Waals surface area contributed by atoms with Gasteiger partial charge in [-0.3, -0.25) is 0 Å². The zero-order valence-corrected chi connectivity index (χ0v) is 66.9. The molecule has 0 saturated carbocycles. The van der Waals surface area contributed by atoms with Crippen molar-refractivity contribution in [3.63, 3.8) is 0 Å². The van der Waals surface area contributed by atoms with Crippen molar-refractivity contribution >= 4 is 163 Å². The van der Waals surface area contributed by atoms with Gasteiger partial charge in [0.1, 0.15) is 10.5 Å². The summed E-state index contributed by atoms with van der Waals surface area (Å²) in [6.07, 6.45) is 4.07. The molecule has 16 rings (SSSR count). The molecule has 4 saturated heterocycles. The second kappa shape index (κ2) is 28.6. The van der Waals surface area contributed by atoms with Crippen LogP contribution in [-0.4, -0.2) is 98.5 Å². The van der Waals surface area contributed by atoms with E-state index in [2.05, 4.69) is 5.70 Å². The molecule has 10 atom stereocenters. The molecule has 25 heteroatoms. The Morgan fingerprint density at radius 3 is 0.782 bits per heavy atom. The Bertz CT molecular complexity index is 4800. The Labute approximate surface area is 602 Å². The Morgan fingerprint density at radius 2 is 0.455 bits per heavy atom. The third-order valence-corrected chi connectivity index (χ3v) is 60.0. The van der Waals surface area contributed by atoms with Gasteiger partial charge in [-0.25, -0.2) is 0 Å². The molecule has 4 fully saturated rings. The molecule has 0 N–H and O–H groups in total. The van der Waals surface area contributed by atoms with E-state index in [1.165, 1.54) is 0 Å². The normalized spacial score (nSPS) is 29.0. The van der Waals surface area contributed by atoms with Crippen molar-refractivity contribution < 1.29 is 57.6 Å². The quantitative estimate of drug-likeness (QED) is 0.0998. The molecule has 12 aromatic carbocycles. The van der Waals surface area contributed by atoms with Gasteiger partial charge in [0.15, 0.2) is 0 Å². The first-order valence-corrected chi connectivity index (χ1v) is 51.5. The Hall–Kier alpha value is -8.05. The van der Waals surface area contributed by atoms with Crippen LogP contribution in [0.1, 0.15) is 11.1 Å². The zero-order chi connectivity index (χ0) is 68.2. The largest absolute Gasteiger partial charge is 0.515 e. The molecule has 0 amide bonds. The maximum atomic E-state index is 8.96. The van der Waals surface area contributed by atoms with Gasteiger partial charge in [0.05, 0.1) is 0 Å². The molecule has 12 aromatic rings. The molecule has 6 bridgehead atoms. The van der Waals surface area contributed by atoms with Crippen LogP contribution in [0, 0.1) is 0 Å². The van der Waals surface area contributed by atoms with Crippen molar-refractivity contribution in [2.45, 2.75) is 0 Å². The molecule has 101 heavy (non-hydrogen) atoms. The summed E-state index contributed by atoms with van der Waals surface area (Å²) >= 11 is 0. The maximum absolute atomic E-state index is 8.96. The second-order valence-electron chi connectivity index (χ2n) is 24.3. The van der Waals surface area contributed by atoms with Crippen LogP contribution in [0.4, 0.5) is 0 Å². The standard InChI is InChI=1S/C76H68O14Si11/c91-77-95(70-47-23-6-24-48-70)80-93(68-43-19-4-20-44-68,63-61-65-37-13-1-14-38-65)82-98(73-53-29-9-30-54-73)86-97(72-51-27-8-28-52-72)79-92(67-41-17-3-18-42-67)78-96(71-49-25-7-26-50-71)81-94(69-45-21-5-22-46-69,64-62-66-39-15-2-16-40-66)83-99(87-97,74-55-31-10-32-56-74)89-101(88-98,76-59-35-12-36-60-76)90-100(84-95,85-96)75-57-33-11-34-58-75/h1-64,92H,91H3/t92?,93?,94?,95?,96?,97?,98?,99?,100-,101+/m1/s1. The van der Waals surface area contributed by atoms with Crippen molar-refractivity contribution in [3.8, 4) is 0 Å². The van der Waals surface area contributed by atoms with Crippen molar-refractivity contribution in [1.29, 1.82) is 0 Å². The second-order valence-corrected chi connectivity index (χ2v) is 54.5. The van der Waals surface area contributed by atoms with Crippen molar-refractivity contribution in [2.24, 2.45) is 0 Å². The van der Waals surface area contributed by atoms with Crippen molar-refractivity contribution in [3.05, 3.63) is 387 Å². The molecular weight excluding hydrogens is 1450 g/mol. The molecule has 0 aliphatic carbocycles. The predicted octanol–water partition coefficient (Wildman–Crippen LogP) is 6.81. The lowest BCUT2D eigenvalue weighted by Gasteiger charge is -2.58. The molecule has 8 unspecified atom stereocenters. The zero-order valence-electron chi connectivity index (χ0n) is 54.7. The SMILES string of the molecule is [SiH3]O[Si]1(c2ccccc2)O[Si](C=Cc2ccccc2)(c2ccccc2)O[Si]2(c3ccccc3)O[Si]3(c4ccccc4)O[SiH](c4ccccc4)O[Si]4(c5ccccc5)O[Si](C=Cc5ccccc5)(c5ccccc5)O[Si](c5ccccc5)(O3)O[Si@](c3ccccc3)(O2)O[Si@](c2ccccc2)(O1)O4. The van der Waals surface area contributed by atoms with E-state index >= 15 is 0 Å². The van der Waals surface area contributed by atoms with E-state index in [-0.39, 0.29) is 10.5 Å². The smallest absolute Gasteiger partial charge is 0.422 e. The van der Waals surface area contributed by atoms with Crippen molar-refractivity contribution in [1.82, 2.24) is 0 Å². The van der Waals surface area contributed by atoms with E-state index in [1.807, 2.05) is 382 Å². The topological polar surface area (TPSA) is 129 Å². The van der Waals surface area contributed by atoms with Crippen LogP contribution in [-0.2, 0) is 57.6 Å². The highest BCUT2D eigenvalue weighted by atomic mass is 28.6. The lowest BCUT2D eigenvalue weighted by atomic mass is 10.2. The predicted molar refractivity (Wildman–Crippen MR) is 416 cm³/mol. The average molecular weight is 1510 g/mol. The van der Waals surface area contributed by atoms with Crippen molar-refractivity contribution in [2.75, 3.05) is 0 Å². The third kappa shape index (κ3) is 13.2. The first kappa shape index (κ1) is 67.4. The molecule has 0 spiro atoms. The molecule has 4 aliphatic heterocycles. The summed E-state index contributed by atoms with van der Waals surface area (Å²) in [5, 5.41) is 5.51. The number of benzene rings is 12. The monoisotopic (exact) mass is 1510 g/mol. The summed E-state index contributed by atoms with van der Waals surface area (Å²) in [4.78, 5) is 0. The number of fused-ring (bicyclic) bond motifs is 6. The van der Waals surface area contributed by atoms with Crippen LogP contribution in [0.25, 0.3) is 12.2 Å². The first-order valence-electron chi connectivity index (χ1n) is 33.3. The van der Waals surface area contributed by atoms with Gasteiger partial charge in [0, 0.05) is 36.3 Å². The minimum atomic E-state index is -5.49. The number of hydrogen-bond acceptors (Lipinski definition) is 14. The fraction of sp³-hybridized carbons (Fsp3) is 0. The summed E-state index contributed by atoms with van der Waals surface area (Å²) in [7, 11) is -50.6. The molecule has 4 heterocycles. The minimum absolute atomic E-state index is 0.0243. The Balaban J connectivity index is 1.18. The van der Waals surface area contributed by atoms with Gasteiger partial charge in [-0.2, -0.15) is 0 Å². The van der Waals surface area contributed by atoms with Gasteiger partial charge < -0.3 is 57.6 Å². The lowest BCUT2D eigenvalue weighted by Crippen LogP contribution is -2.90. The van der Waals surface area contributed by atoms with E-state index in [4.69, 9.17) is 57.6 Å². The van der Waals surface area contributed by atoms with E-state index in [0.717, 1.165) is 11.1 Å². The highest BCUT2D eigenvalue weighted by Crippen LogP contribution is 2.44. The summed E-state index contributed by atoms with van der Waals surface area (Å²) in [5.41, 5.74) is 5.80. The van der Waals surface area contributed by atoms with Gasteiger partial charge in [0.2, 0.25) is 0 Å². The average Bonchev–Trinajstić information content (AvgIpc) is 0.685. The minimum Gasteiger partial charge on any atom is -0.422 e. The molecule has 500 valence electrons. The highest BCUT2D eigenvalue weighted by Gasteiger charge is 2.80. The van der Waals surface area contributed by atoms with Gasteiger partial charge in [-0.1, -0.05) is 376 Å². The van der Waals surface area contributed by atoms with Crippen LogP contribution in [0.15, 0.2) is 375 Å². The molecule has 0 radical (unpaired) electrons. The summed E-state index contributed by atoms with van der Waals surface area (Å²) in [6, 6.07) is 119. The summed E-state index contributed by atoms with van der Waals surface area (Å²) in [6.45, 7) is 0. The Kier molecular flexibility index (Phi) is 19.1. The molecule has 14 nitrogen and oxygen atoms in total. The van der Waals surface area contributed by atoms with Gasteiger partial charge in [0.25, 0.3) is 0 Å². The van der Waals surface area contributed by atoms with Crippen LogP contribution in [0.3, 0.4) is 0 Å². The van der Waals surface area contributed by atoms with Crippen LogP contribution in [0.2, 0.25) is 0 Å².